The van der Waals surface area contributed by atoms with Crippen molar-refractivity contribution >= 4 is 21.8 Å². The smallest absolute Gasteiger partial charge is 0.243 e. The number of nitrogens with zero attached hydrogens (tertiary/aromatic N) is 2. The third-order valence-corrected chi connectivity index (χ3v) is 5.92. The van der Waals surface area contributed by atoms with Gasteiger partial charge in [-0.2, -0.15) is 16.9 Å². The number of rotatable bonds is 6. The van der Waals surface area contributed by atoms with Crippen LogP contribution in [0, 0.1) is 0 Å². The molecule has 1 heterocycles. The summed E-state index contributed by atoms with van der Waals surface area (Å²) < 4.78 is 28.7. The average molecular weight is 305 g/mol. The number of aliphatic hydroxyl groups is 1. The van der Waals surface area contributed by atoms with Gasteiger partial charge in [-0.15, -0.1) is 0 Å². The van der Waals surface area contributed by atoms with Gasteiger partial charge in [0.2, 0.25) is 10.0 Å². The summed E-state index contributed by atoms with van der Waals surface area (Å²) >= 11 is 1.71. The molecule has 0 aromatic carbocycles. The van der Waals surface area contributed by atoms with Crippen molar-refractivity contribution in [1.82, 2.24) is 14.5 Å². The van der Waals surface area contributed by atoms with Crippen LogP contribution >= 0.6 is 11.8 Å². The van der Waals surface area contributed by atoms with E-state index in [2.05, 4.69) is 9.82 Å². The van der Waals surface area contributed by atoms with Crippen LogP contribution in [0.2, 0.25) is 0 Å². The number of nitrogens with one attached hydrogen (secondary N) is 1. The van der Waals surface area contributed by atoms with Crippen molar-refractivity contribution in [2.75, 3.05) is 12.9 Å². The van der Waals surface area contributed by atoms with E-state index >= 15 is 0 Å². The minimum Gasteiger partial charge on any atom is -0.394 e. The van der Waals surface area contributed by atoms with Crippen molar-refractivity contribution in [1.29, 1.82) is 0 Å². The van der Waals surface area contributed by atoms with Gasteiger partial charge in [0.25, 0.3) is 0 Å². The van der Waals surface area contributed by atoms with Crippen LogP contribution in [0.5, 0.6) is 0 Å². The van der Waals surface area contributed by atoms with Crippen molar-refractivity contribution in [3.63, 3.8) is 0 Å². The summed E-state index contributed by atoms with van der Waals surface area (Å²) in [4.78, 5) is 0.160. The molecule has 1 aliphatic carbocycles. The Morgan fingerprint density at radius 1 is 1.58 bits per heavy atom. The summed E-state index contributed by atoms with van der Waals surface area (Å²) in [6, 6.07) is 0.00110. The Morgan fingerprint density at radius 2 is 2.37 bits per heavy atom. The van der Waals surface area contributed by atoms with E-state index in [0.717, 1.165) is 19.3 Å². The van der Waals surface area contributed by atoms with Crippen LogP contribution in [0.25, 0.3) is 0 Å². The molecule has 19 heavy (non-hydrogen) atoms. The van der Waals surface area contributed by atoms with Gasteiger partial charge in [0.15, 0.2) is 0 Å². The second-order valence-electron chi connectivity index (χ2n) is 4.60. The topological polar surface area (TPSA) is 84.2 Å². The molecule has 2 rings (SSSR count). The Morgan fingerprint density at radius 3 is 3.05 bits per heavy atom. The van der Waals surface area contributed by atoms with Crippen molar-refractivity contribution in [2.45, 2.75) is 42.0 Å². The normalized spacial score (nSPS) is 23.9. The van der Waals surface area contributed by atoms with Gasteiger partial charge in [0.05, 0.1) is 19.3 Å². The maximum atomic E-state index is 12.2. The molecule has 1 saturated carbocycles. The van der Waals surface area contributed by atoms with Gasteiger partial charge in [-0.25, -0.2) is 13.1 Å². The Labute approximate surface area is 117 Å². The molecule has 1 aromatic heterocycles. The first-order valence-corrected chi connectivity index (χ1v) is 9.02. The second-order valence-corrected chi connectivity index (χ2v) is 7.39. The molecule has 0 aliphatic heterocycles. The van der Waals surface area contributed by atoms with Gasteiger partial charge in [0, 0.05) is 17.5 Å². The molecule has 0 amide bonds. The Balaban J connectivity index is 2.08. The molecule has 2 atom stereocenters. The zero-order valence-corrected chi connectivity index (χ0v) is 12.5. The number of aliphatic hydroxyl groups excluding tert-OH is 1. The van der Waals surface area contributed by atoms with E-state index in [0.29, 0.717) is 11.8 Å². The average Bonchev–Trinajstić information content (AvgIpc) is 2.98. The van der Waals surface area contributed by atoms with E-state index in [1.165, 1.54) is 17.1 Å². The lowest BCUT2D eigenvalue weighted by Crippen LogP contribution is -2.38. The predicted molar refractivity (Wildman–Crippen MR) is 74.6 cm³/mol. The molecule has 2 N–H and O–H groups in total. The first kappa shape index (κ1) is 14.8. The molecular formula is C11H19N3O3S2. The molecule has 0 radical (unpaired) electrons. The maximum absolute atomic E-state index is 12.2. The molecule has 1 fully saturated rings. The van der Waals surface area contributed by atoms with Gasteiger partial charge in [-0.3, -0.25) is 4.68 Å². The number of hydrogen-bond acceptors (Lipinski definition) is 5. The quantitative estimate of drug-likeness (QED) is 0.796. The summed E-state index contributed by atoms with van der Waals surface area (Å²) in [5.74, 6) is 0. The van der Waals surface area contributed by atoms with Crippen LogP contribution in [0.15, 0.2) is 17.3 Å². The molecule has 1 aliphatic rings. The number of thioether (sulfide) groups is 1. The predicted octanol–water partition coefficient (Wildman–Crippen LogP) is 0.438. The van der Waals surface area contributed by atoms with Crippen LogP contribution in [-0.4, -0.2) is 47.5 Å². The molecule has 1 aromatic rings. The fourth-order valence-electron chi connectivity index (χ4n) is 2.32. The maximum Gasteiger partial charge on any atom is 0.243 e. The minimum atomic E-state index is -3.51. The monoisotopic (exact) mass is 305 g/mol. The summed E-state index contributed by atoms with van der Waals surface area (Å²) in [5, 5.41) is 13.1. The minimum absolute atomic E-state index is 0.00110. The third kappa shape index (κ3) is 3.50. The van der Waals surface area contributed by atoms with Crippen LogP contribution in [0.3, 0.4) is 0 Å². The van der Waals surface area contributed by atoms with Gasteiger partial charge >= 0.3 is 0 Å². The fourth-order valence-corrected chi connectivity index (χ4v) is 4.60. The molecule has 2 unspecified atom stereocenters. The summed E-state index contributed by atoms with van der Waals surface area (Å²) in [7, 11) is -3.51. The molecule has 8 heteroatoms. The van der Waals surface area contributed by atoms with Crippen molar-refractivity contribution in [2.24, 2.45) is 0 Å². The number of aromatic nitrogens is 2. The van der Waals surface area contributed by atoms with Crippen LogP contribution in [0.1, 0.15) is 19.3 Å². The molecule has 6 nitrogen and oxygen atoms in total. The number of sulfonamides is 1. The molecule has 0 bridgehead atoms. The van der Waals surface area contributed by atoms with E-state index < -0.39 is 10.0 Å². The Bertz CT molecular complexity index is 515. The zero-order chi connectivity index (χ0) is 13.9. The third-order valence-electron chi connectivity index (χ3n) is 3.31. The highest BCUT2D eigenvalue weighted by Crippen LogP contribution is 2.29. The van der Waals surface area contributed by atoms with Gasteiger partial charge in [-0.05, 0) is 19.1 Å². The first-order chi connectivity index (χ1) is 9.06. The van der Waals surface area contributed by atoms with Crippen molar-refractivity contribution in [3.8, 4) is 0 Å². The lowest BCUT2D eigenvalue weighted by atomic mass is 10.3. The SMILES string of the molecule is CSC1CCCC1NS(=O)(=O)c1cnn(CCO)c1. The molecular weight excluding hydrogens is 286 g/mol. The Hall–Kier alpha value is -0.570. The lowest BCUT2D eigenvalue weighted by Gasteiger charge is -2.18. The lowest BCUT2D eigenvalue weighted by molar-refractivity contribution is 0.269. The standard InChI is InChI=1S/C11H19N3O3S2/c1-18-11-4-2-3-10(11)13-19(16,17)9-7-12-14(8-9)5-6-15/h7-8,10-11,13,15H,2-6H2,1H3. The molecule has 108 valence electrons. The van der Waals surface area contributed by atoms with E-state index in [1.54, 1.807) is 11.8 Å². The van der Waals surface area contributed by atoms with Crippen LogP contribution in [0.4, 0.5) is 0 Å². The summed E-state index contributed by atoms with van der Waals surface area (Å²) in [6.07, 6.45) is 7.77. The van der Waals surface area contributed by atoms with E-state index in [1.807, 2.05) is 6.26 Å². The van der Waals surface area contributed by atoms with Crippen molar-refractivity contribution < 1.29 is 13.5 Å². The highest BCUT2D eigenvalue weighted by atomic mass is 32.2. The Kier molecular flexibility index (Phi) is 4.88. The molecule has 0 saturated heterocycles. The summed E-state index contributed by atoms with van der Waals surface area (Å²) in [5.41, 5.74) is 0. The van der Waals surface area contributed by atoms with Gasteiger partial charge < -0.3 is 5.11 Å². The van der Waals surface area contributed by atoms with Gasteiger partial charge in [0.1, 0.15) is 4.90 Å². The first-order valence-electron chi connectivity index (χ1n) is 6.25. The second kappa shape index (κ2) is 6.25. The highest BCUT2D eigenvalue weighted by Gasteiger charge is 2.31. The molecule has 0 spiro atoms. The largest absolute Gasteiger partial charge is 0.394 e. The van der Waals surface area contributed by atoms with Gasteiger partial charge in [-0.1, -0.05) is 6.42 Å². The van der Waals surface area contributed by atoms with E-state index in [9.17, 15) is 8.42 Å². The highest BCUT2D eigenvalue weighted by molar-refractivity contribution is 7.99. The summed E-state index contributed by atoms with van der Waals surface area (Å²) in [6.45, 7) is 0.234. The van der Waals surface area contributed by atoms with E-state index in [4.69, 9.17) is 5.11 Å². The van der Waals surface area contributed by atoms with Crippen molar-refractivity contribution in [3.05, 3.63) is 12.4 Å². The fraction of sp³-hybridized carbons (Fsp3) is 0.727. The van der Waals surface area contributed by atoms with Crippen LogP contribution < -0.4 is 4.72 Å². The number of hydrogen-bond donors (Lipinski definition) is 2. The zero-order valence-electron chi connectivity index (χ0n) is 10.8. The van der Waals surface area contributed by atoms with Crippen LogP contribution in [-0.2, 0) is 16.6 Å². The van der Waals surface area contributed by atoms with E-state index in [-0.39, 0.29) is 17.5 Å².